The fourth-order valence-corrected chi connectivity index (χ4v) is 2.25. The van der Waals surface area contributed by atoms with Crippen molar-refractivity contribution in [1.29, 1.82) is 0 Å². The zero-order chi connectivity index (χ0) is 16.1. The van der Waals surface area contributed by atoms with Gasteiger partial charge in [0, 0.05) is 0 Å². The van der Waals surface area contributed by atoms with Gasteiger partial charge in [-0.1, -0.05) is 54.6 Å². The molecule has 1 N–H and O–H groups in total. The van der Waals surface area contributed by atoms with Crippen molar-refractivity contribution in [1.82, 2.24) is 0 Å². The van der Waals surface area contributed by atoms with E-state index in [1.54, 1.807) is 24.3 Å². The smallest absolute Gasteiger partial charge is 0.338 e. The Labute approximate surface area is 134 Å². The van der Waals surface area contributed by atoms with Crippen LogP contribution in [0.5, 0.6) is 5.75 Å². The van der Waals surface area contributed by atoms with Crippen molar-refractivity contribution in [2.45, 2.75) is 6.61 Å². The third-order valence-electron chi connectivity index (χ3n) is 3.53. The summed E-state index contributed by atoms with van der Waals surface area (Å²) in [6, 6.07) is 23.8. The molecular weight excluding hydrogens is 288 g/mol. The van der Waals surface area contributed by atoms with Gasteiger partial charge >= 0.3 is 5.97 Å². The summed E-state index contributed by atoms with van der Waals surface area (Å²) in [7, 11) is 0. The molecular formula is C20H16O3. The minimum Gasteiger partial charge on any atom is -0.508 e. The average molecular weight is 304 g/mol. The molecule has 0 bridgehead atoms. The Hall–Kier alpha value is -3.07. The van der Waals surface area contributed by atoms with Crippen LogP contribution < -0.4 is 0 Å². The topological polar surface area (TPSA) is 46.5 Å². The molecule has 3 aromatic rings. The molecule has 0 aliphatic heterocycles. The normalized spacial score (nSPS) is 10.3. The Morgan fingerprint density at radius 2 is 1.35 bits per heavy atom. The SMILES string of the molecule is O=C(OCc1ccc(-c2ccc(O)cc2)cc1)c1ccccc1. The van der Waals surface area contributed by atoms with Gasteiger partial charge in [0.1, 0.15) is 12.4 Å². The maximum absolute atomic E-state index is 11.9. The summed E-state index contributed by atoms with van der Waals surface area (Å²) >= 11 is 0. The summed E-state index contributed by atoms with van der Waals surface area (Å²) in [5, 5.41) is 9.32. The molecule has 3 aromatic carbocycles. The van der Waals surface area contributed by atoms with Gasteiger partial charge < -0.3 is 9.84 Å². The van der Waals surface area contributed by atoms with E-state index in [0.29, 0.717) is 5.56 Å². The standard InChI is InChI=1S/C20H16O3/c21-19-12-10-17(11-13-19)16-8-6-15(7-9-16)14-23-20(22)18-4-2-1-3-5-18/h1-13,21H,14H2. The number of esters is 1. The molecule has 0 amide bonds. The molecule has 0 aliphatic carbocycles. The molecule has 0 radical (unpaired) electrons. The number of hydrogen-bond acceptors (Lipinski definition) is 3. The van der Waals surface area contributed by atoms with Crippen LogP contribution in [0, 0.1) is 0 Å². The van der Waals surface area contributed by atoms with E-state index in [0.717, 1.165) is 16.7 Å². The number of carbonyl (C=O) groups is 1. The van der Waals surface area contributed by atoms with E-state index in [9.17, 15) is 9.90 Å². The first-order valence-corrected chi connectivity index (χ1v) is 7.33. The summed E-state index contributed by atoms with van der Waals surface area (Å²) in [6.45, 7) is 0.240. The highest BCUT2D eigenvalue weighted by atomic mass is 16.5. The van der Waals surface area contributed by atoms with Gasteiger partial charge in [-0.05, 0) is 41.0 Å². The first-order valence-electron chi connectivity index (χ1n) is 7.33. The van der Waals surface area contributed by atoms with Crippen LogP contribution in [-0.2, 0) is 11.3 Å². The van der Waals surface area contributed by atoms with Gasteiger partial charge in [0.2, 0.25) is 0 Å². The van der Waals surface area contributed by atoms with E-state index in [1.165, 1.54) is 0 Å². The minimum absolute atomic E-state index is 0.240. The number of hydrogen-bond donors (Lipinski definition) is 1. The summed E-state index contributed by atoms with van der Waals surface area (Å²) in [4.78, 5) is 11.9. The Morgan fingerprint density at radius 1 is 0.783 bits per heavy atom. The van der Waals surface area contributed by atoms with Crippen LogP contribution in [0.2, 0.25) is 0 Å². The molecule has 3 nitrogen and oxygen atoms in total. The first kappa shape index (κ1) is 14.9. The lowest BCUT2D eigenvalue weighted by atomic mass is 10.0. The van der Waals surface area contributed by atoms with Crippen molar-refractivity contribution in [3.05, 3.63) is 90.0 Å². The molecule has 0 spiro atoms. The second-order valence-corrected chi connectivity index (χ2v) is 5.19. The van der Waals surface area contributed by atoms with Crippen molar-refractivity contribution in [3.63, 3.8) is 0 Å². The lowest BCUT2D eigenvalue weighted by Crippen LogP contribution is -2.04. The van der Waals surface area contributed by atoms with Gasteiger partial charge in [-0.3, -0.25) is 0 Å². The highest BCUT2D eigenvalue weighted by Gasteiger charge is 2.06. The fraction of sp³-hybridized carbons (Fsp3) is 0.0500. The third-order valence-corrected chi connectivity index (χ3v) is 3.53. The predicted molar refractivity (Wildman–Crippen MR) is 89.1 cm³/mol. The van der Waals surface area contributed by atoms with Crippen molar-refractivity contribution in [3.8, 4) is 16.9 Å². The molecule has 0 aliphatic rings. The van der Waals surface area contributed by atoms with Gasteiger partial charge in [-0.15, -0.1) is 0 Å². The first-order chi connectivity index (χ1) is 11.2. The van der Waals surface area contributed by atoms with Crippen molar-refractivity contribution in [2.24, 2.45) is 0 Å². The van der Waals surface area contributed by atoms with Gasteiger partial charge in [0.05, 0.1) is 5.56 Å². The molecule has 3 rings (SSSR count). The number of aromatic hydroxyl groups is 1. The number of benzene rings is 3. The molecule has 0 heterocycles. The van der Waals surface area contributed by atoms with E-state index in [2.05, 4.69) is 0 Å². The van der Waals surface area contributed by atoms with Crippen LogP contribution in [0.3, 0.4) is 0 Å². The molecule has 0 fully saturated rings. The summed E-state index contributed by atoms with van der Waals surface area (Å²) in [6.07, 6.45) is 0. The van der Waals surface area contributed by atoms with Crippen LogP contribution in [0.25, 0.3) is 11.1 Å². The quantitative estimate of drug-likeness (QED) is 0.726. The Kier molecular flexibility index (Phi) is 4.39. The number of carbonyl (C=O) groups excluding carboxylic acids is 1. The minimum atomic E-state index is -0.326. The third kappa shape index (κ3) is 3.77. The Morgan fingerprint density at radius 3 is 1.96 bits per heavy atom. The van der Waals surface area contributed by atoms with Crippen molar-refractivity contribution >= 4 is 5.97 Å². The molecule has 114 valence electrons. The van der Waals surface area contributed by atoms with E-state index in [1.807, 2.05) is 54.6 Å². The maximum Gasteiger partial charge on any atom is 0.338 e. The molecule has 3 heteroatoms. The number of phenols is 1. The number of rotatable bonds is 4. The second-order valence-electron chi connectivity index (χ2n) is 5.19. The molecule has 0 atom stereocenters. The predicted octanol–water partition coefficient (Wildman–Crippen LogP) is 4.42. The molecule has 0 saturated heterocycles. The van der Waals surface area contributed by atoms with Gasteiger partial charge in [0.15, 0.2) is 0 Å². The van der Waals surface area contributed by atoms with E-state index >= 15 is 0 Å². The Balaban J connectivity index is 1.64. The lowest BCUT2D eigenvalue weighted by molar-refractivity contribution is 0.0472. The zero-order valence-corrected chi connectivity index (χ0v) is 12.5. The van der Waals surface area contributed by atoms with Crippen molar-refractivity contribution in [2.75, 3.05) is 0 Å². The summed E-state index contributed by atoms with van der Waals surface area (Å²) in [5.41, 5.74) is 3.55. The Bertz CT molecular complexity index is 775. The maximum atomic E-state index is 11.9. The van der Waals surface area contributed by atoms with Gasteiger partial charge in [0.25, 0.3) is 0 Å². The van der Waals surface area contributed by atoms with Crippen LogP contribution in [0.1, 0.15) is 15.9 Å². The summed E-state index contributed by atoms with van der Waals surface area (Å²) < 4.78 is 5.30. The highest BCUT2D eigenvalue weighted by molar-refractivity contribution is 5.89. The van der Waals surface area contributed by atoms with Crippen LogP contribution in [0.15, 0.2) is 78.9 Å². The lowest BCUT2D eigenvalue weighted by Gasteiger charge is -2.07. The second kappa shape index (κ2) is 6.79. The molecule has 23 heavy (non-hydrogen) atoms. The van der Waals surface area contributed by atoms with Gasteiger partial charge in [-0.2, -0.15) is 0 Å². The highest BCUT2D eigenvalue weighted by Crippen LogP contribution is 2.22. The van der Waals surface area contributed by atoms with Crippen molar-refractivity contribution < 1.29 is 14.6 Å². The van der Waals surface area contributed by atoms with Crippen LogP contribution in [0.4, 0.5) is 0 Å². The zero-order valence-electron chi connectivity index (χ0n) is 12.5. The number of phenolic OH excluding ortho intramolecular Hbond substituents is 1. The van der Waals surface area contributed by atoms with E-state index in [4.69, 9.17) is 4.74 Å². The summed E-state index contributed by atoms with van der Waals surface area (Å²) in [5.74, 6) is -0.0774. The average Bonchev–Trinajstić information content (AvgIpc) is 2.61. The molecule has 0 unspecified atom stereocenters. The fourth-order valence-electron chi connectivity index (χ4n) is 2.25. The molecule has 0 saturated carbocycles. The van der Waals surface area contributed by atoms with Gasteiger partial charge in [-0.25, -0.2) is 4.79 Å². The van der Waals surface area contributed by atoms with E-state index in [-0.39, 0.29) is 18.3 Å². The molecule has 0 aromatic heterocycles. The van der Waals surface area contributed by atoms with E-state index < -0.39 is 0 Å². The van der Waals surface area contributed by atoms with Crippen LogP contribution in [-0.4, -0.2) is 11.1 Å². The van der Waals surface area contributed by atoms with Crippen LogP contribution >= 0.6 is 0 Å². The largest absolute Gasteiger partial charge is 0.508 e. The monoisotopic (exact) mass is 304 g/mol. The number of ether oxygens (including phenoxy) is 1.